The van der Waals surface area contributed by atoms with E-state index < -0.39 is 0 Å². The Kier molecular flexibility index (Phi) is 3.47. The molecule has 0 aromatic heterocycles. The summed E-state index contributed by atoms with van der Waals surface area (Å²) in [5.41, 5.74) is 3.64. The Bertz CT molecular complexity index is 670. The first-order valence-electron chi connectivity index (χ1n) is 7.10. The fourth-order valence-corrected chi connectivity index (χ4v) is 3.17. The number of rotatable bonds is 2. The zero-order valence-corrected chi connectivity index (χ0v) is 12.2. The number of nitro groups is 1. The standard InChI is InChI=1S/C17H18N2O2/c1-12-17(13-6-4-3-5-7-13)16-10-15(19(20)21)9-8-14(16)11-18(12)2/h3-10,12,17H,11H2,1-2H3. The summed E-state index contributed by atoms with van der Waals surface area (Å²) in [6.45, 7) is 3.01. The highest BCUT2D eigenvalue weighted by Crippen LogP contribution is 2.38. The number of nitrogens with zero attached hydrogens (tertiary/aromatic N) is 2. The zero-order valence-electron chi connectivity index (χ0n) is 12.2. The van der Waals surface area contributed by atoms with Crippen molar-refractivity contribution in [3.8, 4) is 0 Å². The van der Waals surface area contributed by atoms with Crippen LogP contribution in [-0.2, 0) is 6.54 Å². The molecule has 2 unspecified atom stereocenters. The van der Waals surface area contributed by atoms with Crippen molar-refractivity contribution < 1.29 is 4.92 Å². The first kappa shape index (κ1) is 13.8. The summed E-state index contributed by atoms with van der Waals surface area (Å²) >= 11 is 0. The Morgan fingerprint density at radius 3 is 2.57 bits per heavy atom. The quantitative estimate of drug-likeness (QED) is 0.625. The predicted molar refractivity (Wildman–Crippen MR) is 82.3 cm³/mol. The maximum atomic E-state index is 11.1. The molecule has 0 aliphatic carbocycles. The summed E-state index contributed by atoms with van der Waals surface area (Å²) < 4.78 is 0. The van der Waals surface area contributed by atoms with Crippen LogP contribution in [0.25, 0.3) is 0 Å². The van der Waals surface area contributed by atoms with Crippen molar-refractivity contribution in [3.05, 3.63) is 75.3 Å². The van der Waals surface area contributed by atoms with Crippen molar-refractivity contribution in [3.63, 3.8) is 0 Å². The van der Waals surface area contributed by atoms with E-state index in [9.17, 15) is 10.1 Å². The van der Waals surface area contributed by atoms with E-state index in [0.29, 0.717) is 6.04 Å². The lowest BCUT2D eigenvalue weighted by atomic mass is 9.79. The topological polar surface area (TPSA) is 46.4 Å². The van der Waals surface area contributed by atoms with Gasteiger partial charge in [-0.1, -0.05) is 36.4 Å². The van der Waals surface area contributed by atoms with E-state index in [-0.39, 0.29) is 16.5 Å². The monoisotopic (exact) mass is 282 g/mol. The molecule has 3 rings (SSSR count). The van der Waals surface area contributed by atoms with E-state index in [4.69, 9.17) is 0 Å². The van der Waals surface area contributed by atoms with Crippen molar-refractivity contribution in [2.75, 3.05) is 7.05 Å². The van der Waals surface area contributed by atoms with Gasteiger partial charge in [-0.3, -0.25) is 15.0 Å². The average Bonchev–Trinajstić information content (AvgIpc) is 2.49. The Morgan fingerprint density at radius 2 is 1.90 bits per heavy atom. The third-order valence-electron chi connectivity index (χ3n) is 4.43. The summed E-state index contributed by atoms with van der Waals surface area (Å²) in [5, 5.41) is 11.1. The van der Waals surface area contributed by atoms with Gasteiger partial charge >= 0.3 is 0 Å². The maximum Gasteiger partial charge on any atom is 0.269 e. The molecule has 0 saturated carbocycles. The summed E-state index contributed by atoms with van der Waals surface area (Å²) in [5.74, 6) is 0.167. The van der Waals surface area contributed by atoms with Gasteiger partial charge in [0.25, 0.3) is 5.69 Å². The highest BCUT2D eigenvalue weighted by Gasteiger charge is 2.32. The fraction of sp³-hybridized carbons (Fsp3) is 0.294. The molecule has 0 amide bonds. The molecule has 1 aliphatic rings. The summed E-state index contributed by atoms with van der Waals surface area (Å²) in [6.07, 6.45) is 0. The van der Waals surface area contributed by atoms with Crippen LogP contribution in [0, 0.1) is 10.1 Å². The molecule has 2 aromatic rings. The van der Waals surface area contributed by atoms with Crippen LogP contribution < -0.4 is 0 Å². The zero-order chi connectivity index (χ0) is 15.0. The number of nitro benzene ring substituents is 1. The second-order valence-corrected chi connectivity index (χ2v) is 5.68. The van der Waals surface area contributed by atoms with Crippen molar-refractivity contribution in [2.24, 2.45) is 0 Å². The van der Waals surface area contributed by atoms with Crippen molar-refractivity contribution in [1.29, 1.82) is 0 Å². The molecule has 4 nitrogen and oxygen atoms in total. The molecule has 2 atom stereocenters. The van der Waals surface area contributed by atoms with E-state index in [1.54, 1.807) is 12.1 Å². The lowest BCUT2D eigenvalue weighted by Gasteiger charge is -2.38. The van der Waals surface area contributed by atoms with Crippen molar-refractivity contribution in [2.45, 2.75) is 25.4 Å². The Hall–Kier alpha value is -2.20. The molecular weight excluding hydrogens is 264 g/mol. The number of non-ortho nitro benzene ring substituents is 1. The Labute approximate surface area is 124 Å². The molecule has 4 heteroatoms. The van der Waals surface area contributed by atoms with E-state index in [1.807, 2.05) is 24.3 Å². The molecule has 0 saturated heterocycles. The first-order chi connectivity index (χ1) is 10.1. The molecule has 0 bridgehead atoms. The van der Waals surface area contributed by atoms with Crippen LogP contribution in [-0.4, -0.2) is 22.9 Å². The predicted octanol–water partition coefficient (Wildman–Crippen LogP) is 3.56. The minimum absolute atomic E-state index is 0.167. The van der Waals surface area contributed by atoms with Crippen LogP contribution >= 0.6 is 0 Å². The number of benzene rings is 2. The largest absolute Gasteiger partial charge is 0.298 e. The van der Waals surface area contributed by atoms with E-state index in [0.717, 1.165) is 12.1 Å². The van der Waals surface area contributed by atoms with Gasteiger partial charge in [-0.05, 0) is 30.7 Å². The Morgan fingerprint density at radius 1 is 1.19 bits per heavy atom. The summed E-state index contributed by atoms with van der Waals surface area (Å²) in [7, 11) is 2.10. The molecule has 1 aliphatic heterocycles. The smallest absolute Gasteiger partial charge is 0.269 e. The lowest BCUT2D eigenvalue weighted by Crippen LogP contribution is -2.39. The van der Waals surface area contributed by atoms with Gasteiger partial charge in [0, 0.05) is 30.6 Å². The number of fused-ring (bicyclic) bond motifs is 1. The SMILES string of the molecule is CC1C(c2ccccc2)c2cc([N+](=O)[O-])ccc2CN1C. The summed E-state index contributed by atoms with van der Waals surface area (Å²) in [4.78, 5) is 13.1. The second-order valence-electron chi connectivity index (χ2n) is 5.68. The number of likely N-dealkylation sites (N-methyl/N-ethyl adjacent to an activating group) is 1. The van der Waals surface area contributed by atoms with E-state index >= 15 is 0 Å². The van der Waals surface area contributed by atoms with Gasteiger partial charge in [-0.25, -0.2) is 0 Å². The highest BCUT2D eigenvalue weighted by atomic mass is 16.6. The molecular formula is C17H18N2O2. The molecule has 108 valence electrons. The molecule has 0 N–H and O–H groups in total. The maximum absolute atomic E-state index is 11.1. The first-order valence-corrected chi connectivity index (χ1v) is 7.10. The molecule has 1 heterocycles. The van der Waals surface area contributed by atoms with Gasteiger partial charge in [-0.15, -0.1) is 0 Å². The van der Waals surface area contributed by atoms with Gasteiger partial charge in [0.2, 0.25) is 0 Å². The lowest BCUT2D eigenvalue weighted by molar-refractivity contribution is -0.385. The minimum atomic E-state index is -0.314. The van der Waals surface area contributed by atoms with Crippen molar-refractivity contribution in [1.82, 2.24) is 4.90 Å². The van der Waals surface area contributed by atoms with Gasteiger partial charge < -0.3 is 0 Å². The third kappa shape index (κ3) is 2.43. The van der Waals surface area contributed by atoms with Gasteiger partial charge in [0.1, 0.15) is 0 Å². The van der Waals surface area contributed by atoms with Crippen molar-refractivity contribution >= 4 is 5.69 Å². The van der Waals surface area contributed by atoms with Crippen LogP contribution in [0.3, 0.4) is 0 Å². The van der Waals surface area contributed by atoms with E-state index in [2.05, 4.69) is 31.0 Å². The molecule has 21 heavy (non-hydrogen) atoms. The Balaban J connectivity index is 2.15. The molecule has 0 fully saturated rings. The minimum Gasteiger partial charge on any atom is -0.298 e. The van der Waals surface area contributed by atoms with Crippen LogP contribution in [0.15, 0.2) is 48.5 Å². The highest BCUT2D eigenvalue weighted by molar-refractivity contribution is 5.47. The summed E-state index contributed by atoms with van der Waals surface area (Å²) in [6, 6.07) is 15.8. The van der Waals surface area contributed by atoms with Crippen LogP contribution in [0.5, 0.6) is 0 Å². The van der Waals surface area contributed by atoms with Crippen LogP contribution in [0.4, 0.5) is 5.69 Å². The van der Waals surface area contributed by atoms with Gasteiger partial charge in [-0.2, -0.15) is 0 Å². The van der Waals surface area contributed by atoms with Crippen LogP contribution in [0.1, 0.15) is 29.5 Å². The number of hydrogen-bond donors (Lipinski definition) is 0. The average molecular weight is 282 g/mol. The van der Waals surface area contributed by atoms with Crippen LogP contribution in [0.2, 0.25) is 0 Å². The normalized spacial score (nSPS) is 21.8. The molecule has 0 radical (unpaired) electrons. The van der Waals surface area contributed by atoms with Gasteiger partial charge in [0.15, 0.2) is 0 Å². The fourth-order valence-electron chi connectivity index (χ4n) is 3.17. The third-order valence-corrected chi connectivity index (χ3v) is 4.43. The molecule has 2 aromatic carbocycles. The van der Waals surface area contributed by atoms with Gasteiger partial charge in [0.05, 0.1) is 4.92 Å². The van der Waals surface area contributed by atoms with E-state index in [1.165, 1.54) is 11.1 Å². The molecule has 0 spiro atoms. The number of hydrogen-bond acceptors (Lipinski definition) is 3. The second kappa shape index (κ2) is 5.30.